The Morgan fingerprint density at radius 1 is 1.29 bits per heavy atom. The van der Waals surface area contributed by atoms with Gasteiger partial charge in [-0.3, -0.25) is 9.69 Å². The molecule has 2 aromatic rings. The van der Waals surface area contributed by atoms with Crippen molar-refractivity contribution >= 4 is 12.0 Å². The van der Waals surface area contributed by atoms with Crippen molar-refractivity contribution in [3.05, 3.63) is 77.4 Å². The minimum absolute atomic E-state index is 0.111. The van der Waals surface area contributed by atoms with Crippen LogP contribution in [0.15, 0.2) is 55.1 Å². The average molecular weight is 569 g/mol. The Labute approximate surface area is 238 Å². The van der Waals surface area contributed by atoms with Crippen LogP contribution in [-0.4, -0.2) is 71.3 Å². The number of methoxy groups -OCH3 is 1. The number of aliphatic hydroxyl groups is 1. The van der Waals surface area contributed by atoms with Gasteiger partial charge in [0.15, 0.2) is 11.5 Å². The van der Waals surface area contributed by atoms with Crippen LogP contribution in [0, 0.1) is 0 Å². The zero-order chi connectivity index (χ0) is 29.2. The normalized spacial score (nSPS) is 30.0. The quantitative estimate of drug-likeness (QED) is 0.377. The largest absolute Gasteiger partial charge is 0.493 e. The van der Waals surface area contributed by atoms with Gasteiger partial charge >= 0.3 is 6.18 Å². The number of rotatable bonds is 7. The fourth-order valence-corrected chi connectivity index (χ4v) is 8.09. The lowest BCUT2D eigenvalue weighted by molar-refractivity contribution is -0.199. The summed E-state index contributed by atoms with van der Waals surface area (Å²) >= 11 is 0. The summed E-state index contributed by atoms with van der Waals surface area (Å²) in [5, 5.41) is 12.6. The smallest absolute Gasteiger partial charge is 0.416 e. The molecular formula is C32H35F3N2O4. The lowest BCUT2D eigenvalue weighted by Gasteiger charge is -2.64. The molecule has 1 spiro atoms. The highest BCUT2D eigenvalue weighted by atomic mass is 19.4. The summed E-state index contributed by atoms with van der Waals surface area (Å²) in [6.07, 6.45) is 2.05. The van der Waals surface area contributed by atoms with Gasteiger partial charge in [-0.25, -0.2) is 0 Å². The average Bonchev–Trinajstić information content (AvgIpc) is 3.30. The highest BCUT2D eigenvalue weighted by Gasteiger charge is 2.73. The van der Waals surface area contributed by atoms with Gasteiger partial charge < -0.3 is 19.5 Å². The van der Waals surface area contributed by atoms with Crippen LogP contribution >= 0.6 is 0 Å². The second-order valence-electron chi connectivity index (χ2n) is 11.5. The summed E-state index contributed by atoms with van der Waals surface area (Å²) in [4.78, 5) is 17.7. The molecule has 2 aromatic carbocycles. The fourth-order valence-electron chi connectivity index (χ4n) is 8.09. The first-order valence-electron chi connectivity index (χ1n) is 14.2. The van der Waals surface area contributed by atoms with Gasteiger partial charge in [0.25, 0.3) is 0 Å². The van der Waals surface area contributed by atoms with Crippen LogP contribution in [0.5, 0.6) is 11.5 Å². The summed E-state index contributed by atoms with van der Waals surface area (Å²) in [7, 11) is 1.60. The molecule has 2 bridgehead atoms. The summed E-state index contributed by atoms with van der Waals surface area (Å²) in [6.45, 7) is 7.64. The molecule has 6 nitrogen and oxygen atoms in total. The molecule has 1 saturated carbocycles. The van der Waals surface area contributed by atoms with E-state index in [2.05, 4.69) is 17.5 Å². The number of hydrogen-bond acceptors (Lipinski definition) is 5. The molecule has 9 heteroatoms. The van der Waals surface area contributed by atoms with Crippen molar-refractivity contribution in [2.24, 2.45) is 0 Å². The minimum atomic E-state index is -4.46. The number of carbonyl (C=O) groups excluding carboxylic acids is 1. The zero-order valence-corrected chi connectivity index (χ0v) is 23.3. The first-order valence-corrected chi connectivity index (χ1v) is 14.2. The molecule has 2 fully saturated rings. The monoisotopic (exact) mass is 568 g/mol. The van der Waals surface area contributed by atoms with Crippen molar-refractivity contribution in [2.45, 2.75) is 68.0 Å². The Hall–Kier alpha value is -3.30. The van der Waals surface area contributed by atoms with E-state index in [4.69, 9.17) is 9.47 Å². The zero-order valence-electron chi connectivity index (χ0n) is 23.3. The SMILES string of the molecule is C=CCN1CC[C@]23c4c5ccc(OC)c4O[C@H]2[C@H](N(CC)C(=O)C=Cc2cccc(C(F)(F)F)c2)CC[C@@]3(O)[C@H]1C5. The molecule has 6 rings (SSSR count). The second-order valence-corrected chi connectivity index (χ2v) is 11.5. The first-order chi connectivity index (χ1) is 19.6. The van der Waals surface area contributed by atoms with Crippen LogP contribution in [0.3, 0.4) is 0 Å². The summed E-state index contributed by atoms with van der Waals surface area (Å²) < 4.78 is 52.0. The predicted molar refractivity (Wildman–Crippen MR) is 149 cm³/mol. The molecule has 0 aromatic heterocycles. The maximum absolute atomic E-state index is 13.6. The van der Waals surface area contributed by atoms with Gasteiger partial charge in [-0.15, -0.1) is 6.58 Å². The Morgan fingerprint density at radius 2 is 2.10 bits per heavy atom. The van der Waals surface area contributed by atoms with E-state index < -0.39 is 28.9 Å². The van der Waals surface area contributed by atoms with E-state index in [1.54, 1.807) is 18.1 Å². The third-order valence-corrected chi connectivity index (χ3v) is 9.77. The van der Waals surface area contributed by atoms with Crippen molar-refractivity contribution in [2.75, 3.05) is 26.7 Å². The van der Waals surface area contributed by atoms with Crippen LogP contribution < -0.4 is 9.47 Å². The lowest BCUT2D eigenvalue weighted by atomic mass is 9.48. The van der Waals surface area contributed by atoms with Gasteiger partial charge in [0, 0.05) is 30.8 Å². The van der Waals surface area contributed by atoms with Crippen molar-refractivity contribution in [3.63, 3.8) is 0 Å². The number of nitrogens with zero attached hydrogens (tertiary/aromatic N) is 2. The predicted octanol–water partition coefficient (Wildman–Crippen LogP) is 4.98. The third kappa shape index (κ3) is 4.03. The molecule has 1 N–H and O–H groups in total. The number of amides is 1. The maximum atomic E-state index is 13.6. The van der Waals surface area contributed by atoms with E-state index in [1.165, 1.54) is 18.2 Å². The highest BCUT2D eigenvalue weighted by Crippen LogP contribution is 2.66. The number of likely N-dealkylation sites (tertiary alicyclic amines) is 1. The number of alkyl halides is 3. The van der Waals surface area contributed by atoms with Gasteiger partial charge in [-0.05, 0) is 74.6 Å². The molecule has 2 heterocycles. The van der Waals surface area contributed by atoms with Gasteiger partial charge in [0.05, 0.1) is 29.7 Å². The fraction of sp³-hybridized carbons (Fsp3) is 0.469. The Morgan fingerprint density at radius 3 is 2.80 bits per heavy atom. The van der Waals surface area contributed by atoms with Gasteiger partial charge in [-0.2, -0.15) is 13.2 Å². The minimum Gasteiger partial charge on any atom is -0.493 e. The Balaban J connectivity index is 1.37. The van der Waals surface area contributed by atoms with E-state index in [-0.39, 0.29) is 18.0 Å². The van der Waals surface area contributed by atoms with Crippen LogP contribution in [0.25, 0.3) is 6.08 Å². The van der Waals surface area contributed by atoms with Crippen molar-refractivity contribution < 1.29 is 32.5 Å². The molecular weight excluding hydrogens is 533 g/mol. The number of halogens is 3. The lowest BCUT2D eigenvalue weighted by Crippen LogP contribution is -2.78. The number of carbonyl (C=O) groups is 1. The van der Waals surface area contributed by atoms with Crippen LogP contribution in [0.1, 0.15) is 48.4 Å². The molecule has 1 saturated heterocycles. The summed E-state index contributed by atoms with van der Waals surface area (Å²) in [5.41, 5.74) is -0.103. The molecule has 4 aliphatic rings. The molecule has 41 heavy (non-hydrogen) atoms. The number of likely N-dealkylation sites (N-methyl/N-ethyl adjacent to an activating group) is 1. The molecule has 2 aliphatic heterocycles. The van der Waals surface area contributed by atoms with Crippen LogP contribution in [0.4, 0.5) is 13.2 Å². The van der Waals surface area contributed by atoms with E-state index in [1.807, 2.05) is 19.1 Å². The number of ether oxygens (including phenoxy) is 2. The van der Waals surface area contributed by atoms with E-state index in [0.717, 1.165) is 29.8 Å². The van der Waals surface area contributed by atoms with E-state index in [9.17, 15) is 23.1 Å². The standard InChI is InChI=1S/C32H35F3N2O4/c1-4-16-36-17-15-30-27-21-10-11-24(40-3)28(27)41-29(30)23(13-14-31(30,39)25(36)19-21)37(5-2)26(38)12-9-20-7-6-8-22(18-20)32(33,34)35/h4,6-12,18,23,25,29,39H,1,5,13-17,19H2,2-3H3/t23-,25-,29+,30+,31-/m1/s1. The molecule has 0 radical (unpaired) electrons. The Kier molecular flexibility index (Phi) is 6.73. The molecule has 0 unspecified atom stereocenters. The molecule has 2 aliphatic carbocycles. The molecule has 1 amide bonds. The molecule has 218 valence electrons. The van der Waals surface area contributed by atoms with Gasteiger partial charge in [-0.1, -0.05) is 24.3 Å². The summed E-state index contributed by atoms with van der Waals surface area (Å²) in [6, 6.07) is 8.44. The first kappa shape index (κ1) is 27.8. The molecule has 5 atom stereocenters. The summed E-state index contributed by atoms with van der Waals surface area (Å²) in [5.74, 6) is 0.957. The van der Waals surface area contributed by atoms with Crippen LogP contribution in [-0.2, 0) is 22.8 Å². The van der Waals surface area contributed by atoms with E-state index in [0.29, 0.717) is 55.8 Å². The van der Waals surface area contributed by atoms with Crippen molar-refractivity contribution in [3.8, 4) is 11.5 Å². The van der Waals surface area contributed by atoms with Crippen LogP contribution in [0.2, 0.25) is 0 Å². The van der Waals surface area contributed by atoms with E-state index >= 15 is 0 Å². The van der Waals surface area contributed by atoms with Crippen molar-refractivity contribution in [1.82, 2.24) is 9.80 Å². The van der Waals surface area contributed by atoms with Crippen molar-refractivity contribution in [1.29, 1.82) is 0 Å². The third-order valence-electron chi connectivity index (χ3n) is 9.77. The number of piperidine rings is 1. The number of hydrogen-bond donors (Lipinski definition) is 1. The maximum Gasteiger partial charge on any atom is 0.416 e. The van der Waals surface area contributed by atoms with Gasteiger partial charge in [0.2, 0.25) is 5.91 Å². The highest BCUT2D eigenvalue weighted by molar-refractivity contribution is 5.92. The van der Waals surface area contributed by atoms with Gasteiger partial charge in [0.1, 0.15) is 6.10 Å². The Bertz CT molecular complexity index is 1410. The second kappa shape index (κ2) is 9.91. The number of benzene rings is 2. The topological polar surface area (TPSA) is 62.2 Å².